The second-order valence-electron chi connectivity index (χ2n) is 4.82. The molecule has 1 aliphatic rings. The van der Waals surface area contributed by atoms with Gasteiger partial charge in [0.05, 0.1) is 22.3 Å². The van der Waals surface area contributed by atoms with Gasteiger partial charge in [-0.25, -0.2) is 0 Å². The lowest BCUT2D eigenvalue weighted by atomic mass is 10.1. The third-order valence-corrected chi connectivity index (χ3v) is 3.84. The summed E-state index contributed by atoms with van der Waals surface area (Å²) in [6.45, 7) is 0. The van der Waals surface area contributed by atoms with Crippen molar-refractivity contribution in [1.82, 2.24) is 0 Å². The second-order valence-corrected chi connectivity index (χ2v) is 5.23. The Labute approximate surface area is 117 Å². The third kappa shape index (κ3) is 2.43. The van der Waals surface area contributed by atoms with Crippen LogP contribution in [0.5, 0.6) is 0 Å². The van der Waals surface area contributed by atoms with E-state index in [9.17, 15) is 0 Å². The van der Waals surface area contributed by atoms with E-state index in [1.54, 1.807) is 12.1 Å². The van der Waals surface area contributed by atoms with Crippen molar-refractivity contribution in [3.63, 3.8) is 0 Å². The number of rotatable bonds is 2. The first kappa shape index (κ1) is 12.1. The summed E-state index contributed by atoms with van der Waals surface area (Å²) in [5.74, 6) is 0. The molecule has 0 aliphatic heterocycles. The molecular formula is C16H13ClN2. The van der Waals surface area contributed by atoms with E-state index < -0.39 is 0 Å². The largest absolute Gasteiger partial charge is 0.380 e. The van der Waals surface area contributed by atoms with Crippen LogP contribution in [-0.2, 0) is 12.8 Å². The van der Waals surface area contributed by atoms with Gasteiger partial charge in [-0.15, -0.1) is 0 Å². The summed E-state index contributed by atoms with van der Waals surface area (Å²) in [5.41, 5.74) is 4.26. The van der Waals surface area contributed by atoms with E-state index in [0.29, 0.717) is 16.6 Å². The number of anilines is 1. The predicted octanol–water partition coefficient (Wildman–Crippen LogP) is 3.79. The smallest absolute Gasteiger partial charge is 0.0992 e. The van der Waals surface area contributed by atoms with Crippen LogP contribution in [0.2, 0.25) is 5.02 Å². The summed E-state index contributed by atoms with van der Waals surface area (Å²) in [5, 5.41) is 13.0. The van der Waals surface area contributed by atoms with Gasteiger partial charge in [0.25, 0.3) is 0 Å². The fourth-order valence-electron chi connectivity index (χ4n) is 2.59. The van der Waals surface area contributed by atoms with E-state index in [-0.39, 0.29) is 0 Å². The normalized spacial score (nSPS) is 13.9. The van der Waals surface area contributed by atoms with Crippen LogP contribution >= 0.6 is 11.6 Å². The number of nitrogens with zero attached hydrogens (tertiary/aromatic N) is 1. The second kappa shape index (κ2) is 4.95. The topological polar surface area (TPSA) is 35.8 Å². The molecule has 0 saturated carbocycles. The first-order valence-electron chi connectivity index (χ1n) is 6.29. The van der Waals surface area contributed by atoms with Crippen molar-refractivity contribution in [3.05, 3.63) is 64.2 Å². The molecule has 0 bridgehead atoms. The molecule has 3 rings (SSSR count). The van der Waals surface area contributed by atoms with E-state index in [0.717, 1.165) is 18.5 Å². The highest BCUT2D eigenvalue weighted by atomic mass is 35.5. The summed E-state index contributed by atoms with van der Waals surface area (Å²) in [6.07, 6.45) is 2.01. The van der Waals surface area contributed by atoms with E-state index in [4.69, 9.17) is 16.9 Å². The summed E-state index contributed by atoms with van der Waals surface area (Å²) in [6, 6.07) is 16.3. The van der Waals surface area contributed by atoms with Crippen molar-refractivity contribution in [2.24, 2.45) is 0 Å². The number of hydrogen-bond donors (Lipinski definition) is 1. The zero-order chi connectivity index (χ0) is 13.2. The van der Waals surface area contributed by atoms with E-state index in [1.165, 1.54) is 11.1 Å². The van der Waals surface area contributed by atoms with Gasteiger partial charge in [0.2, 0.25) is 0 Å². The molecule has 0 saturated heterocycles. The van der Waals surface area contributed by atoms with Gasteiger partial charge in [-0.1, -0.05) is 35.9 Å². The molecule has 0 atom stereocenters. The lowest BCUT2D eigenvalue weighted by molar-refractivity contribution is 0.774. The molecule has 0 fully saturated rings. The average Bonchev–Trinajstić information content (AvgIpc) is 2.83. The molecule has 0 aromatic heterocycles. The average molecular weight is 269 g/mol. The fourth-order valence-corrected chi connectivity index (χ4v) is 2.76. The van der Waals surface area contributed by atoms with Gasteiger partial charge >= 0.3 is 0 Å². The Bertz CT molecular complexity index is 633. The monoisotopic (exact) mass is 268 g/mol. The molecule has 19 heavy (non-hydrogen) atoms. The quantitative estimate of drug-likeness (QED) is 0.899. The fraction of sp³-hybridized carbons (Fsp3) is 0.188. The van der Waals surface area contributed by atoms with Crippen LogP contribution in [-0.4, -0.2) is 6.04 Å². The molecule has 0 radical (unpaired) electrons. The highest BCUT2D eigenvalue weighted by Crippen LogP contribution is 2.28. The summed E-state index contributed by atoms with van der Waals surface area (Å²) < 4.78 is 0. The van der Waals surface area contributed by atoms with Gasteiger partial charge in [-0.05, 0) is 42.2 Å². The van der Waals surface area contributed by atoms with Crippen LogP contribution in [0.15, 0.2) is 42.5 Å². The van der Waals surface area contributed by atoms with Crippen molar-refractivity contribution in [3.8, 4) is 6.07 Å². The van der Waals surface area contributed by atoms with Crippen molar-refractivity contribution in [1.29, 1.82) is 5.26 Å². The van der Waals surface area contributed by atoms with Crippen molar-refractivity contribution < 1.29 is 0 Å². The van der Waals surface area contributed by atoms with Gasteiger partial charge in [-0.3, -0.25) is 0 Å². The van der Waals surface area contributed by atoms with Crippen LogP contribution in [0.25, 0.3) is 0 Å². The van der Waals surface area contributed by atoms with Crippen LogP contribution in [0.1, 0.15) is 16.7 Å². The number of fused-ring (bicyclic) bond motifs is 1. The van der Waals surface area contributed by atoms with Crippen LogP contribution in [0.4, 0.5) is 5.69 Å². The van der Waals surface area contributed by atoms with Gasteiger partial charge in [0, 0.05) is 6.04 Å². The highest BCUT2D eigenvalue weighted by Gasteiger charge is 2.21. The maximum absolute atomic E-state index is 8.93. The number of nitrogens with one attached hydrogen (secondary N) is 1. The minimum atomic E-state index is 0.351. The van der Waals surface area contributed by atoms with Crippen LogP contribution in [0.3, 0.4) is 0 Å². The maximum atomic E-state index is 8.93. The zero-order valence-electron chi connectivity index (χ0n) is 10.4. The van der Waals surface area contributed by atoms with Gasteiger partial charge in [0.1, 0.15) is 0 Å². The van der Waals surface area contributed by atoms with E-state index in [2.05, 4.69) is 35.7 Å². The molecule has 94 valence electrons. The number of hydrogen-bond acceptors (Lipinski definition) is 2. The first-order valence-corrected chi connectivity index (χ1v) is 6.67. The van der Waals surface area contributed by atoms with Crippen LogP contribution < -0.4 is 5.32 Å². The lowest BCUT2D eigenvalue weighted by Gasteiger charge is -2.15. The molecule has 2 aromatic rings. The Morgan fingerprint density at radius 2 is 1.79 bits per heavy atom. The van der Waals surface area contributed by atoms with Crippen molar-refractivity contribution in [2.75, 3.05) is 5.32 Å². The molecule has 3 heteroatoms. The Kier molecular flexibility index (Phi) is 3.15. The minimum Gasteiger partial charge on any atom is -0.380 e. The number of halogens is 1. The Hall–Kier alpha value is -1.98. The predicted molar refractivity (Wildman–Crippen MR) is 77.4 cm³/mol. The third-order valence-electron chi connectivity index (χ3n) is 3.51. The van der Waals surface area contributed by atoms with Gasteiger partial charge in [0.15, 0.2) is 0 Å². The van der Waals surface area contributed by atoms with Crippen LogP contribution in [0, 0.1) is 11.3 Å². The number of nitriles is 1. The van der Waals surface area contributed by atoms with Crippen molar-refractivity contribution >= 4 is 17.3 Å². The Balaban J connectivity index is 1.79. The molecule has 2 nitrogen and oxygen atoms in total. The SMILES string of the molecule is N#Cc1ccc(Cl)c(NC2Cc3ccccc3C2)c1. The van der Waals surface area contributed by atoms with Gasteiger partial charge in [-0.2, -0.15) is 5.26 Å². The summed E-state index contributed by atoms with van der Waals surface area (Å²) >= 11 is 6.17. The molecule has 1 aliphatic carbocycles. The van der Waals surface area contributed by atoms with E-state index in [1.807, 2.05) is 6.07 Å². The standard InChI is InChI=1S/C16H13ClN2/c17-15-6-5-11(10-18)7-16(15)19-14-8-12-3-1-2-4-13(12)9-14/h1-7,14,19H,8-9H2. The minimum absolute atomic E-state index is 0.351. The Morgan fingerprint density at radius 3 is 2.42 bits per heavy atom. The molecule has 0 unspecified atom stereocenters. The summed E-state index contributed by atoms with van der Waals surface area (Å²) in [4.78, 5) is 0. The molecule has 1 N–H and O–H groups in total. The van der Waals surface area contributed by atoms with Gasteiger partial charge < -0.3 is 5.32 Å². The molecular weight excluding hydrogens is 256 g/mol. The molecule has 0 heterocycles. The molecule has 2 aromatic carbocycles. The highest BCUT2D eigenvalue weighted by molar-refractivity contribution is 6.33. The number of benzene rings is 2. The zero-order valence-corrected chi connectivity index (χ0v) is 11.1. The van der Waals surface area contributed by atoms with E-state index >= 15 is 0 Å². The Morgan fingerprint density at radius 1 is 1.11 bits per heavy atom. The van der Waals surface area contributed by atoms with Crippen molar-refractivity contribution in [2.45, 2.75) is 18.9 Å². The summed E-state index contributed by atoms with van der Waals surface area (Å²) in [7, 11) is 0. The molecule has 0 spiro atoms. The maximum Gasteiger partial charge on any atom is 0.0992 e. The first-order chi connectivity index (χ1) is 9.26. The lowest BCUT2D eigenvalue weighted by Crippen LogP contribution is -2.19. The molecule has 0 amide bonds.